The fourth-order valence-corrected chi connectivity index (χ4v) is 4.52. The normalized spacial score (nSPS) is 33.1. The number of aliphatic hydroxyl groups is 2. The molecule has 0 saturated carbocycles. The van der Waals surface area contributed by atoms with Crippen molar-refractivity contribution in [2.45, 2.75) is 38.5 Å². The highest BCUT2D eigenvalue weighted by atomic mass is 16.5. The third kappa shape index (κ3) is 8.51. The molecule has 0 spiro atoms. The van der Waals surface area contributed by atoms with Crippen LogP contribution in [0.25, 0.3) is 0 Å². The van der Waals surface area contributed by atoms with Crippen molar-refractivity contribution in [3.63, 3.8) is 0 Å². The van der Waals surface area contributed by atoms with Crippen molar-refractivity contribution in [2.75, 3.05) is 7.11 Å². The maximum absolute atomic E-state index is 13.1. The summed E-state index contributed by atoms with van der Waals surface area (Å²) >= 11 is 0. The van der Waals surface area contributed by atoms with Gasteiger partial charge in [0.2, 0.25) is 5.91 Å². The molecule has 0 radical (unpaired) electrons. The molecule has 1 heterocycles. The van der Waals surface area contributed by atoms with Crippen molar-refractivity contribution in [1.29, 1.82) is 0 Å². The Balaban J connectivity index is 1.88. The van der Waals surface area contributed by atoms with E-state index in [1.807, 2.05) is 54.6 Å². The number of hydrogen-bond donors (Lipinski definition) is 3. The SMILES string of the molecule is COC1C(O)=C2C(=O)O/C(C)=C/C=C/C=C/C=C\CC(c3ccccc3)NC(=O)/C=C/C=C/C=C/C=C/C2(C)C1O. The first kappa shape index (κ1) is 31.1. The zero-order valence-electron chi connectivity index (χ0n) is 23.5. The molecule has 4 atom stereocenters. The van der Waals surface area contributed by atoms with Crippen LogP contribution in [0.3, 0.4) is 0 Å². The van der Waals surface area contributed by atoms with Crippen LogP contribution >= 0.6 is 0 Å². The molecule has 0 aromatic heterocycles. The number of nitrogens with one attached hydrogen (secondary N) is 1. The highest BCUT2D eigenvalue weighted by Gasteiger charge is 2.53. The summed E-state index contributed by atoms with van der Waals surface area (Å²) in [5.41, 5.74) is -0.327. The van der Waals surface area contributed by atoms with Crippen LogP contribution in [0.1, 0.15) is 31.9 Å². The second-order valence-corrected chi connectivity index (χ2v) is 9.70. The lowest BCUT2D eigenvalue weighted by molar-refractivity contribution is -0.136. The Morgan fingerprint density at radius 1 is 0.927 bits per heavy atom. The van der Waals surface area contributed by atoms with Gasteiger partial charge in [-0.3, -0.25) is 4.79 Å². The summed E-state index contributed by atoms with van der Waals surface area (Å²) in [7, 11) is 1.35. The Labute approximate surface area is 241 Å². The second kappa shape index (κ2) is 15.4. The number of hydrogen-bond acceptors (Lipinski definition) is 6. The molecule has 3 rings (SSSR count). The van der Waals surface area contributed by atoms with Gasteiger partial charge in [-0.25, -0.2) is 4.79 Å². The van der Waals surface area contributed by atoms with Crippen molar-refractivity contribution in [2.24, 2.45) is 5.41 Å². The van der Waals surface area contributed by atoms with Crippen molar-refractivity contribution in [1.82, 2.24) is 5.32 Å². The monoisotopic (exact) mass is 555 g/mol. The summed E-state index contributed by atoms with van der Waals surface area (Å²) in [5.74, 6) is -1.04. The van der Waals surface area contributed by atoms with Crippen LogP contribution in [-0.4, -0.2) is 41.4 Å². The molecule has 1 aromatic carbocycles. The van der Waals surface area contributed by atoms with E-state index in [9.17, 15) is 19.8 Å². The van der Waals surface area contributed by atoms with Crippen molar-refractivity contribution in [3.8, 4) is 0 Å². The minimum absolute atomic E-state index is 0.0731. The number of cyclic esters (lactones) is 1. The zero-order chi connectivity index (χ0) is 29.7. The predicted octanol–water partition coefficient (Wildman–Crippen LogP) is 5.80. The fraction of sp³-hybridized carbons (Fsp3) is 0.235. The Morgan fingerprint density at radius 2 is 1.56 bits per heavy atom. The van der Waals surface area contributed by atoms with Crippen LogP contribution in [0.4, 0.5) is 0 Å². The van der Waals surface area contributed by atoms with Crippen molar-refractivity contribution < 1.29 is 29.3 Å². The Morgan fingerprint density at radius 3 is 2.27 bits per heavy atom. The quantitative estimate of drug-likeness (QED) is 0.399. The number of fused-ring (bicyclic) bond motifs is 1. The van der Waals surface area contributed by atoms with E-state index < -0.39 is 23.6 Å². The molecule has 2 aliphatic rings. The van der Waals surface area contributed by atoms with Crippen LogP contribution < -0.4 is 5.32 Å². The average molecular weight is 556 g/mol. The van der Waals surface area contributed by atoms with Crippen LogP contribution in [0.5, 0.6) is 0 Å². The molecular formula is C34H37NO6. The third-order valence-electron chi connectivity index (χ3n) is 6.72. The Kier molecular flexibility index (Phi) is 11.6. The molecule has 0 fully saturated rings. The molecule has 0 bridgehead atoms. The smallest absolute Gasteiger partial charge is 0.343 e. The zero-order valence-corrected chi connectivity index (χ0v) is 23.5. The van der Waals surface area contributed by atoms with Gasteiger partial charge >= 0.3 is 5.97 Å². The molecule has 1 amide bonds. The molecule has 3 N–H and O–H groups in total. The van der Waals surface area contributed by atoms with E-state index in [4.69, 9.17) is 9.47 Å². The van der Waals surface area contributed by atoms with Gasteiger partial charge in [0.25, 0.3) is 0 Å². The van der Waals surface area contributed by atoms with E-state index in [1.54, 1.807) is 74.6 Å². The molecule has 1 aliphatic heterocycles. The molecule has 1 aromatic rings. The highest BCUT2D eigenvalue weighted by Crippen LogP contribution is 2.45. The average Bonchev–Trinajstić information content (AvgIpc) is 3.14. The van der Waals surface area contributed by atoms with Gasteiger partial charge in [-0.15, -0.1) is 0 Å². The van der Waals surface area contributed by atoms with Gasteiger partial charge in [-0.05, 0) is 31.9 Å². The number of allylic oxidation sites excluding steroid dienone is 13. The standard InChI is InChI=1S/C34H37NO6/c1-25-19-13-8-4-5-9-16-22-27(26-20-14-12-15-21-26)35-28(36)23-17-10-6-7-11-18-24-34(2)29(33(39)41-25)30(37)31(40-3)32(34)38/h4-21,23-24,27,31-32,37-38H,22H2,1-3H3,(H,35,36)/b5-4+,10-6+,11-7+,13-8+,16-9-,23-17+,24-18+,25-19+. The number of rotatable bonds is 2. The van der Waals surface area contributed by atoms with Crippen molar-refractivity contribution >= 4 is 11.9 Å². The highest BCUT2D eigenvalue weighted by molar-refractivity contribution is 5.93. The largest absolute Gasteiger partial charge is 0.509 e. The van der Waals surface area contributed by atoms with E-state index in [0.29, 0.717) is 12.2 Å². The number of ether oxygens (including phenoxy) is 2. The minimum Gasteiger partial charge on any atom is -0.509 e. The molecule has 7 heteroatoms. The molecular weight excluding hydrogens is 518 g/mol. The first-order valence-corrected chi connectivity index (χ1v) is 13.4. The lowest BCUT2D eigenvalue weighted by atomic mass is 9.80. The number of aliphatic hydroxyl groups excluding tert-OH is 2. The lowest BCUT2D eigenvalue weighted by Crippen LogP contribution is -2.37. The summed E-state index contributed by atoms with van der Waals surface area (Å²) in [6.07, 6.45) is 24.3. The summed E-state index contributed by atoms with van der Waals surface area (Å²) in [6, 6.07) is 9.60. The van der Waals surface area contributed by atoms with E-state index in [2.05, 4.69) is 5.32 Å². The molecule has 7 nitrogen and oxygen atoms in total. The van der Waals surface area contributed by atoms with Gasteiger partial charge in [0.15, 0.2) is 0 Å². The maximum atomic E-state index is 13.1. The van der Waals surface area contributed by atoms with E-state index >= 15 is 0 Å². The second-order valence-electron chi connectivity index (χ2n) is 9.70. The number of benzene rings is 1. The van der Waals surface area contributed by atoms with Gasteiger partial charge < -0.3 is 25.0 Å². The van der Waals surface area contributed by atoms with E-state index in [1.165, 1.54) is 13.2 Å². The minimum atomic E-state index is -1.26. The number of methoxy groups -OCH3 is 1. The molecule has 41 heavy (non-hydrogen) atoms. The Hall–Kier alpha value is -4.46. The molecule has 214 valence electrons. The topological polar surface area (TPSA) is 105 Å². The molecule has 0 saturated heterocycles. The fourth-order valence-electron chi connectivity index (χ4n) is 4.52. The van der Waals surface area contributed by atoms with Gasteiger partial charge in [0, 0.05) is 13.2 Å². The first-order valence-electron chi connectivity index (χ1n) is 13.4. The summed E-state index contributed by atoms with van der Waals surface area (Å²) < 4.78 is 10.7. The van der Waals surface area contributed by atoms with Crippen LogP contribution in [0, 0.1) is 5.41 Å². The van der Waals surface area contributed by atoms with Crippen LogP contribution in [0.15, 0.2) is 139 Å². The van der Waals surface area contributed by atoms with Gasteiger partial charge in [-0.1, -0.05) is 109 Å². The number of carbonyl (C=O) groups is 2. The van der Waals surface area contributed by atoms with Gasteiger partial charge in [-0.2, -0.15) is 0 Å². The molecule has 1 aliphatic carbocycles. The lowest BCUT2D eigenvalue weighted by Gasteiger charge is -2.28. The Bertz CT molecular complexity index is 1340. The number of carbonyl (C=O) groups excluding carboxylic acids is 2. The maximum Gasteiger partial charge on any atom is 0.343 e. The summed E-state index contributed by atoms with van der Waals surface area (Å²) in [4.78, 5) is 25.7. The number of esters is 1. The van der Waals surface area contributed by atoms with E-state index in [0.717, 1.165) is 5.56 Å². The number of amides is 1. The third-order valence-corrected chi connectivity index (χ3v) is 6.72. The summed E-state index contributed by atoms with van der Waals surface area (Å²) in [5, 5.41) is 24.7. The van der Waals surface area contributed by atoms with Gasteiger partial charge in [0.1, 0.15) is 23.7 Å². The van der Waals surface area contributed by atoms with E-state index in [-0.39, 0.29) is 23.3 Å². The summed E-state index contributed by atoms with van der Waals surface area (Å²) in [6.45, 7) is 3.26. The van der Waals surface area contributed by atoms with Gasteiger partial charge in [0.05, 0.1) is 17.0 Å². The van der Waals surface area contributed by atoms with Crippen LogP contribution in [0.2, 0.25) is 0 Å². The van der Waals surface area contributed by atoms with Crippen molar-refractivity contribution in [3.05, 3.63) is 144 Å². The first-order chi connectivity index (χ1) is 19.8. The molecule has 4 unspecified atom stereocenters. The van der Waals surface area contributed by atoms with Crippen LogP contribution in [-0.2, 0) is 19.1 Å². The predicted molar refractivity (Wildman–Crippen MR) is 160 cm³/mol.